The van der Waals surface area contributed by atoms with Crippen LogP contribution < -0.4 is 9.80 Å². The van der Waals surface area contributed by atoms with Gasteiger partial charge in [0.2, 0.25) is 0 Å². The first kappa shape index (κ1) is 48.3. The number of aryl methyl sites for hydroxylation is 8. The molecule has 8 aromatic rings. The van der Waals surface area contributed by atoms with Crippen molar-refractivity contribution in [1.29, 1.82) is 0 Å². The maximum absolute atomic E-state index is 2.39. The monoisotopic (exact) mass is 887 g/mol. The summed E-state index contributed by atoms with van der Waals surface area (Å²) in [6.45, 7) is 17.3. The second-order valence-corrected chi connectivity index (χ2v) is 17.7. The van der Waals surface area contributed by atoms with E-state index < -0.39 is 0 Å². The molecular formula is C66H66N2. The van der Waals surface area contributed by atoms with Gasteiger partial charge in [-0.15, -0.1) is 0 Å². The Morgan fingerprint density at radius 2 is 0.529 bits per heavy atom. The van der Waals surface area contributed by atoms with Gasteiger partial charge in [-0.1, -0.05) is 218 Å². The van der Waals surface area contributed by atoms with Crippen molar-refractivity contribution < 1.29 is 0 Å². The number of hydrogen-bond donors (Lipinski definition) is 0. The van der Waals surface area contributed by atoms with E-state index in [0.717, 1.165) is 12.8 Å². The number of rotatable bonds is 14. The highest BCUT2D eigenvalue weighted by atomic mass is 15.2. The molecule has 0 aliphatic rings. The Morgan fingerprint density at radius 1 is 0.294 bits per heavy atom. The van der Waals surface area contributed by atoms with E-state index >= 15 is 0 Å². The molecule has 0 aliphatic carbocycles. The van der Waals surface area contributed by atoms with Gasteiger partial charge < -0.3 is 9.80 Å². The summed E-state index contributed by atoms with van der Waals surface area (Å²) < 4.78 is 0. The van der Waals surface area contributed by atoms with Gasteiger partial charge in [0.05, 0.1) is 11.4 Å². The van der Waals surface area contributed by atoms with Crippen molar-refractivity contribution in [2.45, 2.75) is 68.2 Å². The van der Waals surface area contributed by atoms with Crippen LogP contribution in [0.3, 0.4) is 0 Å². The first-order chi connectivity index (χ1) is 33.1. The molecular weight excluding hydrogens is 821 g/mol. The molecule has 0 unspecified atom stereocenters. The molecule has 0 amide bonds. The lowest BCUT2D eigenvalue weighted by atomic mass is 10.0. The van der Waals surface area contributed by atoms with E-state index in [4.69, 9.17) is 0 Å². The minimum atomic E-state index is 0.994. The van der Waals surface area contributed by atoms with Crippen LogP contribution in [0.15, 0.2) is 206 Å². The summed E-state index contributed by atoms with van der Waals surface area (Å²) in [6, 6.07) is 65.5. The third kappa shape index (κ3) is 12.8. The average molecular weight is 887 g/mol. The molecule has 0 radical (unpaired) electrons. The van der Waals surface area contributed by atoms with E-state index in [1.54, 1.807) is 0 Å². The molecule has 0 fully saturated rings. The van der Waals surface area contributed by atoms with Crippen molar-refractivity contribution in [3.8, 4) is 0 Å². The number of anilines is 6. The Labute approximate surface area is 407 Å². The fourth-order valence-corrected chi connectivity index (χ4v) is 8.34. The minimum absolute atomic E-state index is 0.994. The highest BCUT2D eigenvalue weighted by Crippen LogP contribution is 2.41. The maximum atomic E-state index is 2.39. The first-order valence-electron chi connectivity index (χ1n) is 24.0. The first-order valence-corrected chi connectivity index (χ1v) is 24.0. The highest BCUT2D eigenvalue weighted by Gasteiger charge is 2.19. The van der Waals surface area contributed by atoms with Crippen molar-refractivity contribution in [1.82, 2.24) is 0 Å². The van der Waals surface area contributed by atoms with Crippen LogP contribution in [0.2, 0.25) is 0 Å². The van der Waals surface area contributed by atoms with Gasteiger partial charge in [-0.25, -0.2) is 0 Å². The van der Waals surface area contributed by atoms with Crippen LogP contribution >= 0.6 is 0 Å². The molecule has 0 atom stereocenters. The molecule has 0 aromatic heterocycles. The van der Waals surface area contributed by atoms with E-state index in [9.17, 15) is 0 Å². The summed E-state index contributed by atoms with van der Waals surface area (Å²) in [5.41, 5.74) is 22.4. The van der Waals surface area contributed by atoms with E-state index in [0.29, 0.717) is 0 Å². The zero-order chi connectivity index (χ0) is 47.8. The van der Waals surface area contributed by atoms with Gasteiger partial charge in [0.25, 0.3) is 0 Å². The van der Waals surface area contributed by atoms with Crippen LogP contribution in [-0.4, -0.2) is 0 Å². The van der Waals surface area contributed by atoms with Gasteiger partial charge in [0, 0.05) is 22.7 Å². The Balaban J connectivity index is 0.000000201. The van der Waals surface area contributed by atoms with E-state index in [2.05, 4.69) is 296 Å². The van der Waals surface area contributed by atoms with Crippen LogP contribution in [0.5, 0.6) is 0 Å². The normalized spacial score (nSPS) is 11.4. The summed E-state index contributed by atoms with van der Waals surface area (Å²) in [7, 11) is 0. The van der Waals surface area contributed by atoms with Crippen molar-refractivity contribution in [2.75, 3.05) is 9.80 Å². The van der Waals surface area contributed by atoms with Gasteiger partial charge in [-0.2, -0.15) is 0 Å². The zero-order valence-corrected chi connectivity index (χ0v) is 41.2. The van der Waals surface area contributed by atoms with Crippen LogP contribution in [-0.2, 0) is 12.8 Å². The molecule has 2 heteroatoms. The molecule has 0 bridgehead atoms. The third-order valence-electron chi connectivity index (χ3n) is 12.3. The molecule has 0 saturated carbocycles. The molecule has 0 spiro atoms. The zero-order valence-electron chi connectivity index (χ0n) is 41.2. The van der Waals surface area contributed by atoms with E-state index in [1.165, 1.54) is 101 Å². The standard InChI is InChI=1S/2C33H33N/c2*1-5-30-12-8-9-27(4)33(30)34(31-21-15-26(3)16-22-31)32-23-19-29(20-24-32)11-7-6-10-28-17-13-25(2)14-18-28/h2*6-24H,5H2,1-4H3/b2*10-6+,11-7+. The summed E-state index contributed by atoms with van der Waals surface area (Å²) >= 11 is 0. The lowest BCUT2D eigenvalue weighted by Gasteiger charge is -2.29. The largest absolute Gasteiger partial charge is 0.310 e. The molecule has 0 heterocycles. The minimum Gasteiger partial charge on any atom is -0.310 e. The Bertz CT molecular complexity index is 2760. The number of hydrogen-bond acceptors (Lipinski definition) is 2. The Kier molecular flexibility index (Phi) is 16.8. The quantitative estimate of drug-likeness (QED) is 0.100. The van der Waals surface area contributed by atoms with Crippen LogP contribution in [0.1, 0.15) is 80.6 Å². The third-order valence-corrected chi connectivity index (χ3v) is 12.3. The van der Waals surface area contributed by atoms with Gasteiger partial charge in [0.1, 0.15) is 0 Å². The summed E-state index contributed by atoms with van der Waals surface area (Å²) in [5.74, 6) is 0. The fraction of sp³-hybridized carbons (Fsp3) is 0.152. The predicted octanol–water partition coefficient (Wildman–Crippen LogP) is 18.7. The summed E-state index contributed by atoms with van der Waals surface area (Å²) in [5, 5.41) is 0. The molecule has 340 valence electrons. The number of benzene rings is 8. The Hall–Kier alpha value is -7.68. The number of para-hydroxylation sites is 2. The van der Waals surface area contributed by atoms with Crippen LogP contribution in [0, 0.1) is 41.5 Å². The lowest BCUT2D eigenvalue weighted by molar-refractivity contribution is 1.10. The molecule has 0 N–H and O–H groups in total. The van der Waals surface area contributed by atoms with Gasteiger partial charge in [-0.3, -0.25) is 0 Å². The molecule has 0 saturated heterocycles. The average Bonchev–Trinajstić information content (AvgIpc) is 3.36. The van der Waals surface area contributed by atoms with Crippen molar-refractivity contribution in [3.05, 3.63) is 273 Å². The highest BCUT2D eigenvalue weighted by molar-refractivity contribution is 5.82. The maximum Gasteiger partial charge on any atom is 0.0522 e. The molecule has 8 aromatic carbocycles. The van der Waals surface area contributed by atoms with Gasteiger partial charge in [-0.05, 0) is 147 Å². The molecule has 0 aliphatic heterocycles. The topological polar surface area (TPSA) is 6.48 Å². The van der Waals surface area contributed by atoms with Crippen LogP contribution in [0.4, 0.5) is 34.1 Å². The second-order valence-electron chi connectivity index (χ2n) is 17.7. The van der Waals surface area contributed by atoms with Crippen LogP contribution in [0.25, 0.3) is 24.3 Å². The van der Waals surface area contributed by atoms with Crippen molar-refractivity contribution in [2.24, 2.45) is 0 Å². The summed E-state index contributed by atoms with van der Waals surface area (Å²) in [6.07, 6.45) is 18.9. The van der Waals surface area contributed by atoms with Crippen molar-refractivity contribution in [3.63, 3.8) is 0 Å². The second kappa shape index (κ2) is 23.7. The predicted molar refractivity (Wildman–Crippen MR) is 298 cm³/mol. The fourth-order valence-electron chi connectivity index (χ4n) is 8.34. The van der Waals surface area contributed by atoms with Gasteiger partial charge in [0.15, 0.2) is 0 Å². The smallest absolute Gasteiger partial charge is 0.0522 e. The SMILES string of the molecule is CCc1cccc(C)c1N(c1ccc(C)cc1)c1ccc(/C=C/C=C/c2ccc(C)cc2)cc1.CCc1cccc(C)c1N(c1ccc(C)cc1)c1ccc(/C=C/C=C/c2ccc(C)cc2)cc1. The number of allylic oxidation sites excluding steroid dienone is 4. The number of nitrogens with zero attached hydrogens (tertiary/aromatic N) is 2. The summed E-state index contributed by atoms with van der Waals surface area (Å²) in [4.78, 5) is 4.77. The van der Waals surface area contributed by atoms with E-state index in [1.807, 2.05) is 0 Å². The van der Waals surface area contributed by atoms with E-state index in [-0.39, 0.29) is 0 Å². The molecule has 8 rings (SSSR count). The Morgan fingerprint density at radius 3 is 0.794 bits per heavy atom. The lowest BCUT2D eigenvalue weighted by Crippen LogP contribution is -2.13. The molecule has 2 nitrogen and oxygen atoms in total. The van der Waals surface area contributed by atoms with Gasteiger partial charge >= 0.3 is 0 Å². The molecule has 68 heavy (non-hydrogen) atoms. The van der Waals surface area contributed by atoms with Crippen molar-refractivity contribution >= 4 is 58.4 Å².